The molecule has 5 rings (SSSR count). The van der Waals surface area contributed by atoms with E-state index in [4.69, 9.17) is 40.8 Å². The van der Waals surface area contributed by atoms with Crippen molar-refractivity contribution in [1.82, 2.24) is 9.47 Å². The summed E-state index contributed by atoms with van der Waals surface area (Å²) in [6.45, 7) is -1.35. The number of allylic oxidation sites excluding steroid dienone is 1. The number of carbonyl (C=O) groups excluding carboxylic acids is 1. The maximum Gasteiger partial charge on any atom is 0.323 e. The molecule has 19 heteroatoms. The molecular formula is C24H21N3O13S3. The lowest BCUT2D eigenvalue weighted by Gasteiger charge is -2.18. The minimum Gasteiger partial charge on any atom is -0.480 e. The Morgan fingerprint density at radius 1 is 0.977 bits per heavy atom. The van der Waals surface area contributed by atoms with Gasteiger partial charge in [0.05, 0.1) is 16.0 Å². The number of carboxylic acids is 2. The summed E-state index contributed by atoms with van der Waals surface area (Å²) < 4.78 is 54.0. The van der Waals surface area contributed by atoms with E-state index in [2.05, 4.69) is 0 Å². The van der Waals surface area contributed by atoms with Crippen LogP contribution in [0.3, 0.4) is 0 Å². The molecule has 3 N–H and O–H groups in total. The number of nitrogens with zero attached hydrogens (tertiary/aromatic N) is 3. The van der Waals surface area contributed by atoms with Gasteiger partial charge in [-0.1, -0.05) is 0 Å². The number of benzene rings is 1. The van der Waals surface area contributed by atoms with Crippen molar-refractivity contribution in [2.24, 2.45) is 0 Å². The molecule has 2 aromatic rings. The van der Waals surface area contributed by atoms with E-state index < -0.39 is 63.3 Å². The second-order valence-corrected chi connectivity index (χ2v) is 12.1. The molecule has 0 spiro atoms. The van der Waals surface area contributed by atoms with Gasteiger partial charge in [-0.2, -0.15) is 8.42 Å². The highest BCUT2D eigenvalue weighted by Gasteiger charge is 2.37. The van der Waals surface area contributed by atoms with Gasteiger partial charge >= 0.3 is 17.8 Å². The maximum atomic E-state index is 13.2. The summed E-state index contributed by atoms with van der Waals surface area (Å²) in [6, 6.07) is 3.29. The number of aliphatic carboxylic acids is 2. The van der Waals surface area contributed by atoms with Crippen LogP contribution in [0.2, 0.25) is 0 Å². The summed E-state index contributed by atoms with van der Waals surface area (Å²) in [6.07, 6.45) is 3.25. The molecule has 1 amide bonds. The SMILES string of the molecule is O=C(O)CN1C(=O)/C(=c2\sc(=CC=C3Oc4cc5c(cc4N3CCCCS(=O)(=O)O)OCO5)c(=O)n2CC(=O)O)OC1=S. The summed E-state index contributed by atoms with van der Waals surface area (Å²) in [5.41, 5.74) is -0.208. The van der Waals surface area contributed by atoms with Crippen molar-refractivity contribution in [2.75, 3.05) is 30.5 Å². The van der Waals surface area contributed by atoms with Gasteiger partial charge in [0.2, 0.25) is 18.4 Å². The predicted octanol–water partition coefficient (Wildman–Crippen LogP) is -0.751. The van der Waals surface area contributed by atoms with Crippen LogP contribution in [0.15, 0.2) is 28.9 Å². The van der Waals surface area contributed by atoms with Gasteiger partial charge in [0.25, 0.3) is 20.9 Å². The Balaban J connectivity index is 1.55. The highest BCUT2D eigenvalue weighted by Crippen LogP contribution is 2.47. The van der Waals surface area contributed by atoms with E-state index in [1.807, 2.05) is 0 Å². The number of thiazole rings is 1. The minimum absolute atomic E-state index is 0.0182. The van der Waals surface area contributed by atoms with E-state index in [0.717, 1.165) is 15.9 Å². The first-order valence-electron chi connectivity index (χ1n) is 12.3. The van der Waals surface area contributed by atoms with Crippen LogP contribution in [0.1, 0.15) is 12.8 Å². The number of rotatable bonds is 10. The molecule has 3 aliphatic heterocycles. The van der Waals surface area contributed by atoms with Gasteiger partial charge in [0.15, 0.2) is 17.2 Å². The molecule has 0 aliphatic carbocycles. The third-order valence-corrected chi connectivity index (χ3v) is 8.41. The van der Waals surface area contributed by atoms with E-state index in [1.54, 1.807) is 17.0 Å². The predicted molar refractivity (Wildman–Crippen MR) is 151 cm³/mol. The van der Waals surface area contributed by atoms with Crippen molar-refractivity contribution in [1.29, 1.82) is 0 Å². The van der Waals surface area contributed by atoms with Gasteiger partial charge in [0.1, 0.15) is 17.8 Å². The van der Waals surface area contributed by atoms with Crippen LogP contribution in [0.4, 0.5) is 5.69 Å². The number of anilines is 1. The molecule has 0 atom stereocenters. The third kappa shape index (κ3) is 6.33. The number of amides is 1. The van der Waals surface area contributed by atoms with Crippen molar-refractivity contribution < 1.29 is 56.5 Å². The molecule has 1 fully saturated rings. The highest BCUT2D eigenvalue weighted by atomic mass is 32.2. The van der Waals surface area contributed by atoms with E-state index in [9.17, 15) is 32.7 Å². The van der Waals surface area contributed by atoms with E-state index >= 15 is 0 Å². The second-order valence-electron chi connectivity index (χ2n) is 9.13. The molecule has 0 saturated carbocycles. The first kappa shape index (κ1) is 30.0. The smallest absolute Gasteiger partial charge is 0.323 e. The van der Waals surface area contributed by atoms with Gasteiger partial charge in [-0.25, -0.2) is 0 Å². The van der Waals surface area contributed by atoms with E-state index in [1.165, 1.54) is 12.2 Å². The molecule has 1 aromatic carbocycles. The Morgan fingerprint density at radius 2 is 1.67 bits per heavy atom. The maximum absolute atomic E-state index is 13.2. The Labute approximate surface area is 250 Å². The molecule has 228 valence electrons. The summed E-state index contributed by atoms with van der Waals surface area (Å²) in [4.78, 5) is 51.1. The first-order valence-corrected chi connectivity index (χ1v) is 15.1. The number of unbranched alkanes of at least 4 members (excludes halogenated alkanes) is 1. The standard InChI is InChI=1S/C24H21N3O13S3/c28-18(29)9-26-21(32)16(42-23(26)20-22(33)27(10-19(30)31)24(41)40-20)3-4-17-25(5-1-2-6-43(34,35)36)12-7-14-15(38-11-37-14)8-13(12)39-17/h3-4,7-8H,1-2,5-6,9-11H2,(H,28,29)(H,30,31)(H,34,35,36)/b16-3?,17-4?,23-20+. The molecule has 0 radical (unpaired) electrons. The molecule has 1 saturated heterocycles. The Hall–Kier alpha value is -4.46. The average molecular weight is 656 g/mol. The zero-order valence-electron chi connectivity index (χ0n) is 21.7. The topological polar surface area (TPSA) is 211 Å². The Bertz CT molecular complexity index is 1880. The number of fused-ring (bicyclic) bond motifs is 2. The fourth-order valence-corrected chi connectivity index (χ4v) is 6.15. The van der Waals surface area contributed by atoms with Gasteiger partial charge in [-0.3, -0.25) is 33.2 Å². The molecule has 43 heavy (non-hydrogen) atoms. The van der Waals surface area contributed by atoms with Crippen LogP contribution in [0.25, 0.3) is 11.8 Å². The molecule has 1 aromatic heterocycles. The number of carboxylic acid groups (broad SMARTS) is 2. The zero-order valence-corrected chi connectivity index (χ0v) is 24.2. The lowest BCUT2D eigenvalue weighted by molar-refractivity contribution is -0.140. The normalized spacial score (nSPS) is 18.3. The lowest BCUT2D eigenvalue weighted by atomic mass is 10.2. The van der Waals surface area contributed by atoms with Crippen LogP contribution in [-0.4, -0.2) is 81.3 Å². The minimum atomic E-state index is -4.15. The van der Waals surface area contributed by atoms with Crippen LogP contribution in [-0.2, 0) is 35.8 Å². The summed E-state index contributed by atoms with van der Waals surface area (Å²) in [5, 5.41) is 18.0. The highest BCUT2D eigenvalue weighted by molar-refractivity contribution is 7.85. The van der Waals surface area contributed by atoms with Crippen molar-refractivity contribution >= 4 is 74.2 Å². The molecule has 0 bridgehead atoms. The summed E-state index contributed by atoms with van der Waals surface area (Å²) in [5.74, 6) is -3.09. The van der Waals surface area contributed by atoms with Crippen LogP contribution in [0.5, 0.6) is 17.2 Å². The quantitative estimate of drug-likeness (QED) is 0.163. The number of hydrogen-bond donors (Lipinski definition) is 3. The Morgan fingerprint density at radius 3 is 2.35 bits per heavy atom. The number of aromatic nitrogens is 1. The van der Waals surface area contributed by atoms with Crippen LogP contribution >= 0.6 is 23.6 Å². The molecule has 0 unspecified atom stereocenters. The molecule has 3 aliphatic rings. The van der Waals surface area contributed by atoms with Crippen LogP contribution < -0.4 is 33.9 Å². The van der Waals surface area contributed by atoms with Gasteiger partial charge in [-0.15, -0.1) is 11.3 Å². The van der Waals surface area contributed by atoms with Gasteiger partial charge < -0.3 is 34.1 Å². The van der Waals surface area contributed by atoms with Crippen molar-refractivity contribution in [3.63, 3.8) is 0 Å². The number of carbonyl (C=O) groups is 3. The third-order valence-electron chi connectivity index (χ3n) is 6.17. The fourth-order valence-electron chi connectivity index (χ4n) is 4.33. The molecular weight excluding hydrogens is 634 g/mol. The van der Waals surface area contributed by atoms with Crippen molar-refractivity contribution in [2.45, 2.75) is 19.4 Å². The number of ether oxygens (including phenoxy) is 4. The Kier molecular flexibility index (Phi) is 8.14. The van der Waals surface area contributed by atoms with Gasteiger partial charge in [0, 0.05) is 24.8 Å². The zero-order chi connectivity index (χ0) is 31.1. The second kappa shape index (κ2) is 11.7. The fraction of sp³-hybridized carbons (Fsp3) is 0.292. The van der Waals surface area contributed by atoms with E-state index in [0.29, 0.717) is 34.3 Å². The van der Waals surface area contributed by atoms with Gasteiger partial charge in [-0.05, 0) is 31.1 Å². The summed E-state index contributed by atoms with van der Waals surface area (Å²) >= 11 is 5.67. The molecule has 4 heterocycles. The average Bonchev–Trinajstić information content (AvgIpc) is 3.65. The summed E-state index contributed by atoms with van der Waals surface area (Å²) in [7, 11) is -4.15. The monoisotopic (exact) mass is 655 g/mol. The van der Waals surface area contributed by atoms with Crippen molar-refractivity contribution in [3.8, 4) is 17.2 Å². The van der Waals surface area contributed by atoms with E-state index in [-0.39, 0.29) is 34.8 Å². The van der Waals surface area contributed by atoms with Crippen molar-refractivity contribution in [3.05, 3.63) is 43.6 Å². The first-order chi connectivity index (χ1) is 20.3. The molecule has 16 nitrogen and oxygen atoms in total. The number of thiocarbonyl (C=S) groups is 1. The van der Waals surface area contributed by atoms with Crippen LogP contribution in [0, 0.1) is 0 Å². The lowest BCUT2D eigenvalue weighted by Crippen LogP contribution is -2.36. The number of hydrogen-bond acceptors (Lipinski definition) is 13. The largest absolute Gasteiger partial charge is 0.480 e.